The number of halogens is 1. The maximum absolute atomic E-state index is 6.46. The number of rotatable bonds is 2. The zero-order valence-electron chi connectivity index (χ0n) is 11.5. The first-order chi connectivity index (χ1) is 9.79. The topological polar surface area (TPSA) is 29.3 Å². The molecule has 0 amide bonds. The zero-order valence-corrected chi connectivity index (χ0v) is 12.2. The maximum Gasteiger partial charge on any atom is 0.0646 e. The van der Waals surface area contributed by atoms with Gasteiger partial charge in [0.15, 0.2) is 0 Å². The Bertz CT molecular complexity index is 610. The fourth-order valence-electron chi connectivity index (χ4n) is 2.84. The number of nitrogens with zero attached hydrogens (tertiary/aromatic N) is 1. The molecule has 0 unspecified atom stereocenters. The number of aryl methyl sites for hydroxylation is 1. The molecule has 0 saturated heterocycles. The summed E-state index contributed by atoms with van der Waals surface area (Å²) in [6.07, 6.45) is 3.56. The van der Waals surface area contributed by atoms with Gasteiger partial charge in [-0.3, -0.25) is 0 Å². The van der Waals surface area contributed by atoms with E-state index in [1.807, 2.05) is 6.07 Å². The molecule has 0 aromatic heterocycles. The quantitative estimate of drug-likeness (QED) is 0.893. The van der Waals surface area contributed by atoms with Crippen molar-refractivity contribution in [3.8, 4) is 0 Å². The molecular formula is C17H19ClN2. The van der Waals surface area contributed by atoms with Crippen molar-refractivity contribution in [2.75, 3.05) is 11.4 Å². The number of para-hydroxylation sites is 1. The highest BCUT2D eigenvalue weighted by Crippen LogP contribution is 2.36. The predicted molar refractivity (Wildman–Crippen MR) is 85.7 cm³/mol. The van der Waals surface area contributed by atoms with Crippen LogP contribution in [0.2, 0.25) is 5.02 Å². The normalized spacial score (nSPS) is 14.8. The van der Waals surface area contributed by atoms with Gasteiger partial charge in [-0.1, -0.05) is 35.9 Å². The number of nitrogens with two attached hydrogens (primary N) is 1. The second kappa shape index (κ2) is 5.86. The van der Waals surface area contributed by atoms with Crippen LogP contribution in [-0.2, 0) is 13.0 Å². The van der Waals surface area contributed by atoms with Crippen molar-refractivity contribution in [1.82, 2.24) is 0 Å². The van der Waals surface area contributed by atoms with Gasteiger partial charge in [0.2, 0.25) is 0 Å². The van der Waals surface area contributed by atoms with Crippen molar-refractivity contribution in [2.45, 2.75) is 25.8 Å². The van der Waals surface area contributed by atoms with Gasteiger partial charge >= 0.3 is 0 Å². The molecule has 20 heavy (non-hydrogen) atoms. The zero-order chi connectivity index (χ0) is 13.9. The molecule has 1 heterocycles. The summed E-state index contributed by atoms with van der Waals surface area (Å²) >= 11 is 6.46. The summed E-state index contributed by atoms with van der Waals surface area (Å²) in [6, 6.07) is 14.7. The van der Waals surface area contributed by atoms with Crippen molar-refractivity contribution in [3.63, 3.8) is 0 Å². The van der Waals surface area contributed by atoms with Gasteiger partial charge in [0, 0.05) is 18.8 Å². The molecule has 2 nitrogen and oxygen atoms in total. The molecule has 0 radical (unpaired) electrons. The summed E-state index contributed by atoms with van der Waals surface area (Å²) in [7, 11) is 0. The van der Waals surface area contributed by atoms with Crippen LogP contribution in [0.4, 0.5) is 11.4 Å². The van der Waals surface area contributed by atoms with Gasteiger partial charge in [0.1, 0.15) is 0 Å². The van der Waals surface area contributed by atoms with Gasteiger partial charge in [0.25, 0.3) is 0 Å². The van der Waals surface area contributed by atoms with Crippen LogP contribution in [0.5, 0.6) is 0 Å². The van der Waals surface area contributed by atoms with E-state index in [0.717, 1.165) is 29.2 Å². The molecule has 104 valence electrons. The Morgan fingerprint density at radius 2 is 1.90 bits per heavy atom. The van der Waals surface area contributed by atoms with E-state index < -0.39 is 0 Å². The average molecular weight is 287 g/mol. The first-order valence-corrected chi connectivity index (χ1v) is 7.51. The van der Waals surface area contributed by atoms with Crippen LogP contribution >= 0.6 is 11.6 Å². The Morgan fingerprint density at radius 3 is 2.70 bits per heavy atom. The van der Waals surface area contributed by atoms with Crippen LogP contribution < -0.4 is 10.6 Å². The van der Waals surface area contributed by atoms with Crippen LogP contribution in [0.25, 0.3) is 0 Å². The van der Waals surface area contributed by atoms with E-state index in [4.69, 9.17) is 17.3 Å². The van der Waals surface area contributed by atoms with E-state index in [2.05, 4.69) is 41.3 Å². The molecule has 3 heteroatoms. The summed E-state index contributed by atoms with van der Waals surface area (Å²) in [5, 5.41) is 0.782. The lowest BCUT2D eigenvalue weighted by atomic mass is 10.1. The minimum Gasteiger partial charge on any atom is -0.340 e. The minimum atomic E-state index is 0.524. The van der Waals surface area contributed by atoms with Gasteiger partial charge in [-0.15, -0.1) is 0 Å². The fourth-order valence-corrected chi connectivity index (χ4v) is 3.14. The highest BCUT2D eigenvalue weighted by atomic mass is 35.5. The molecule has 2 N–H and O–H groups in total. The highest BCUT2D eigenvalue weighted by molar-refractivity contribution is 6.33. The van der Waals surface area contributed by atoms with E-state index in [-0.39, 0.29) is 0 Å². The van der Waals surface area contributed by atoms with Crippen LogP contribution in [0.3, 0.4) is 0 Å². The first kappa shape index (κ1) is 13.5. The third-order valence-corrected chi connectivity index (χ3v) is 4.20. The Morgan fingerprint density at radius 1 is 1.05 bits per heavy atom. The Hall–Kier alpha value is -1.51. The summed E-state index contributed by atoms with van der Waals surface area (Å²) in [4.78, 5) is 2.34. The molecule has 0 saturated carbocycles. The molecule has 2 aromatic rings. The monoisotopic (exact) mass is 286 g/mol. The number of hydrogen-bond donors (Lipinski definition) is 1. The van der Waals surface area contributed by atoms with Gasteiger partial charge in [-0.05, 0) is 48.6 Å². The van der Waals surface area contributed by atoms with Crippen molar-refractivity contribution < 1.29 is 0 Å². The molecular weight excluding hydrogens is 268 g/mol. The third-order valence-electron chi connectivity index (χ3n) is 3.90. The fraction of sp³-hybridized carbons (Fsp3) is 0.294. The van der Waals surface area contributed by atoms with Gasteiger partial charge in [0.05, 0.1) is 10.7 Å². The standard InChI is InChI=1S/C17H19ClN2/c18-15-11-13(12-19)8-9-17(15)20-10-4-3-6-14-5-1-2-7-16(14)20/h1-2,5,7-9,11H,3-4,6,10,12,19H2. The Balaban J connectivity index is 2.05. The maximum atomic E-state index is 6.46. The van der Waals surface area contributed by atoms with E-state index in [9.17, 15) is 0 Å². The number of hydrogen-bond acceptors (Lipinski definition) is 2. The number of fused-ring (bicyclic) bond motifs is 1. The lowest BCUT2D eigenvalue weighted by Crippen LogP contribution is -2.18. The summed E-state index contributed by atoms with van der Waals surface area (Å²) in [6.45, 7) is 1.54. The summed E-state index contributed by atoms with van der Waals surface area (Å²) in [5.41, 5.74) is 10.5. The lowest BCUT2D eigenvalue weighted by molar-refractivity contribution is 0.761. The van der Waals surface area contributed by atoms with E-state index in [0.29, 0.717) is 6.54 Å². The highest BCUT2D eigenvalue weighted by Gasteiger charge is 2.18. The SMILES string of the molecule is NCc1ccc(N2CCCCc3ccccc32)c(Cl)c1. The Kier molecular flexibility index (Phi) is 3.95. The van der Waals surface area contributed by atoms with Gasteiger partial charge in [-0.2, -0.15) is 0 Å². The molecule has 3 rings (SSSR count). The second-order valence-corrected chi connectivity index (χ2v) is 5.63. The Labute approximate surface area is 125 Å². The van der Waals surface area contributed by atoms with Crippen LogP contribution in [0, 0.1) is 0 Å². The van der Waals surface area contributed by atoms with E-state index >= 15 is 0 Å². The molecule has 0 atom stereocenters. The summed E-state index contributed by atoms with van der Waals surface area (Å²) in [5.74, 6) is 0. The van der Waals surface area contributed by atoms with Crippen LogP contribution in [0.15, 0.2) is 42.5 Å². The first-order valence-electron chi connectivity index (χ1n) is 7.13. The van der Waals surface area contributed by atoms with E-state index in [1.54, 1.807) is 0 Å². The lowest BCUT2D eigenvalue weighted by Gasteiger charge is -2.26. The van der Waals surface area contributed by atoms with E-state index in [1.165, 1.54) is 24.1 Å². The second-order valence-electron chi connectivity index (χ2n) is 5.23. The van der Waals surface area contributed by atoms with Crippen LogP contribution in [0.1, 0.15) is 24.0 Å². The minimum absolute atomic E-state index is 0.524. The van der Waals surface area contributed by atoms with Crippen molar-refractivity contribution in [1.29, 1.82) is 0 Å². The van der Waals surface area contributed by atoms with Crippen LogP contribution in [-0.4, -0.2) is 6.54 Å². The molecule has 1 aliphatic heterocycles. The molecule has 0 spiro atoms. The smallest absolute Gasteiger partial charge is 0.0646 e. The molecule has 2 aromatic carbocycles. The molecule has 0 bridgehead atoms. The van der Waals surface area contributed by atoms with Gasteiger partial charge < -0.3 is 10.6 Å². The largest absolute Gasteiger partial charge is 0.340 e. The van der Waals surface area contributed by atoms with Crippen molar-refractivity contribution >= 4 is 23.0 Å². The van der Waals surface area contributed by atoms with Crippen molar-refractivity contribution in [2.24, 2.45) is 5.73 Å². The average Bonchev–Trinajstić information content (AvgIpc) is 2.69. The van der Waals surface area contributed by atoms with Gasteiger partial charge in [-0.25, -0.2) is 0 Å². The third kappa shape index (κ3) is 2.54. The number of benzene rings is 2. The van der Waals surface area contributed by atoms with Crippen molar-refractivity contribution in [3.05, 3.63) is 58.6 Å². The molecule has 0 fully saturated rings. The molecule has 1 aliphatic rings. The summed E-state index contributed by atoms with van der Waals surface area (Å²) < 4.78 is 0. The predicted octanol–water partition coefficient (Wildman–Crippen LogP) is 4.27. The molecule has 0 aliphatic carbocycles. The number of anilines is 2.